The van der Waals surface area contributed by atoms with E-state index < -0.39 is 0 Å². The molecule has 0 atom stereocenters. The van der Waals surface area contributed by atoms with Gasteiger partial charge in [-0.25, -0.2) is 0 Å². The van der Waals surface area contributed by atoms with Gasteiger partial charge >= 0.3 is 0 Å². The van der Waals surface area contributed by atoms with Gasteiger partial charge in [0, 0.05) is 23.7 Å². The van der Waals surface area contributed by atoms with Crippen molar-refractivity contribution in [3.8, 4) is 23.0 Å². The van der Waals surface area contributed by atoms with Gasteiger partial charge in [0.05, 0.1) is 25.8 Å². The van der Waals surface area contributed by atoms with Crippen molar-refractivity contribution < 1.29 is 23.7 Å². The van der Waals surface area contributed by atoms with Gasteiger partial charge in [0.1, 0.15) is 11.5 Å². The van der Waals surface area contributed by atoms with Crippen molar-refractivity contribution in [2.24, 2.45) is 0 Å². The Morgan fingerprint density at radius 2 is 1.72 bits per heavy atom. The number of carbonyl (C=O) groups is 1. The molecule has 2 heterocycles. The predicted octanol–water partition coefficient (Wildman–Crippen LogP) is 4.51. The standard InChI is InChI=1S/C28H26N2O6/c1-3-34-22-8-5-19(6-9-22)28(32)30(15-18-4-11-25-26(12-18)36-17-35-25)16-21-13-20-7-10-23(33-2)14-24(20)29-27(21)31/h4-14H,3,15-17H2,1-2H3,(H,29,31). The number of benzene rings is 3. The maximum absolute atomic E-state index is 13.6. The summed E-state index contributed by atoms with van der Waals surface area (Å²) in [4.78, 5) is 31.1. The number of amides is 1. The minimum absolute atomic E-state index is 0.123. The summed E-state index contributed by atoms with van der Waals surface area (Å²) in [7, 11) is 1.58. The highest BCUT2D eigenvalue weighted by Gasteiger charge is 2.21. The van der Waals surface area contributed by atoms with E-state index >= 15 is 0 Å². The summed E-state index contributed by atoms with van der Waals surface area (Å²) in [5, 5.41) is 0.849. The number of carbonyl (C=O) groups excluding carboxylic acids is 1. The van der Waals surface area contributed by atoms with Crippen molar-refractivity contribution in [2.75, 3.05) is 20.5 Å². The van der Waals surface area contributed by atoms with Gasteiger partial charge in [-0.2, -0.15) is 0 Å². The molecule has 8 heteroatoms. The zero-order valence-corrected chi connectivity index (χ0v) is 20.1. The molecule has 1 aromatic heterocycles. The highest BCUT2D eigenvalue weighted by molar-refractivity contribution is 5.94. The first kappa shape index (κ1) is 23.3. The van der Waals surface area contributed by atoms with E-state index in [1.165, 1.54) is 0 Å². The number of nitrogens with one attached hydrogen (secondary N) is 1. The van der Waals surface area contributed by atoms with Crippen LogP contribution in [-0.4, -0.2) is 36.3 Å². The summed E-state index contributed by atoms with van der Waals surface area (Å²) >= 11 is 0. The second kappa shape index (κ2) is 10.0. The number of aromatic amines is 1. The number of nitrogens with zero attached hydrogens (tertiary/aromatic N) is 1. The summed E-state index contributed by atoms with van der Waals surface area (Å²) in [5.41, 5.74) is 2.25. The molecule has 1 N–H and O–H groups in total. The van der Waals surface area contributed by atoms with Crippen LogP contribution in [0.1, 0.15) is 28.4 Å². The average Bonchev–Trinajstić information content (AvgIpc) is 3.36. The third-order valence-corrected chi connectivity index (χ3v) is 6.00. The SMILES string of the molecule is CCOc1ccc(C(=O)N(Cc2ccc3c(c2)OCO3)Cc2cc3ccc(OC)cc3[nH]c2=O)cc1. The molecule has 1 aliphatic rings. The van der Waals surface area contributed by atoms with E-state index in [-0.39, 0.29) is 31.3 Å². The van der Waals surface area contributed by atoms with Crippen LogP contribution in [0.25, 0.3) is 10.9 Å². The minimum Gasteiger partial charge on any atom is -0.497 e. The molecule has 0 radical (unpaired) electrons. The zero-order chi connectivity index (χ0) is 25.1. The highest BCUT2D eigenvalue weighted by Crippen LogP contribution is 2.33. The van der Waals surface area contributed by atoms with Crippen LogP contribution in [0.15, 0.2) is 71.5 Å². The Morgan fingerprint density at radius 1 is 0.944 bits per heavy atom. The Morgan fingerprint density at radius 3 is 2.50 bits per heavy atom. The van der Waals surface area contributed by atoms with Gasteiger partial charge in [-0.15, -0.1) is 0 Å². The number of rotatable bonds is 8. The van der Waals surface area contributed by atoms with Crippen LogP contribution in [0.4, 0.5) is 0 Å². The number of fused-ring (bicyclic) bond motifs is 2. The molecule has 0 fully saturated rings. The fourth-order valence-electron chi connectivity index (χ4n) is 4.18. The average molecular weight is 487 g/mol. The predicted molar refractivity (Wildman–Crippen MR) is 135 cm³/mol. The number of hydrogen-bond acceptors (Lipinski definition) is 6. The normalized spacial score (nSPS) is 11.9. The van der Waals surface area contributed by atoms with Crippen LogP contribution in [-0.2, 0) is 13.1 Å². The second-order valence-electron chi connectivity index (χ2n) is 8.38. The number of ether oxygens (including phenoxy) is 4. The Hall–Kier alpha value is -4.46. The number of pyridine rings is 1. The number of hydrogen-bond donors (Lipinski definition) is 1. The van der Waals surface area contributed by atoms with Crippen molar-refractivity contribution in [3.05, 3.63) is 93.8 Å². The highest BCUT2D eigenvalue weighted by atomic mass is 16.7. The summed E-state index contributed by atoms with van der Waals surface area (Å²) < 4.78 is 21.7. The number of methoxy groups -OCH3 is 1. The van der Waals surface area contributed by atoms with E-state index in [4.69, 9.17) is 18.9 Å². The maximum atomic E-state index is 13.6. The number of aromatic nitrogens is 1. The molecule has 1 amide bonds. The first-order valence-corrected chi connectivity index (χ1v) is 11.6. The van der Waals surface area contributed by atoms with Crippen LogP contribution in [0.3, 0.4) is 0 Å². The molecule has 0 bridgehead atoms. The molecule has 0 unspecified atom stereocenters. The first-order chi connectivity index (χ1) is 17.5. The quantitative estimate of drug-likeness (QED) is 0.394. The van der Waals surface area contributed by atoms with Crippen LogP contribution in [0, 0.1) is 0 Å². The molecule has 1 aliphatic heterocycles. The molecule has 8 nitrogen and oxygen atoms in total. The molecular weight excluding hydrogens is 460 g/mol. The van der Waals surface area contributed by atoms with Crippen molar-refractivity contribution >= 4 is 16.8 Å². The molecule has 184 valence electrons. The molecule has 0 aliphatic carbocycles. The Bertz CT molecular complexity index is 1460. The van der Waals surface area contributed by atoms with Gasteiger partial charge in [-0.3, -0.25) is 9.59 Å². The minimum atomic E-state index is -0.258. The molecule has 0 saturated heterocycles. The lowest BCUT2D eigenvalue weighted by atomic mass is 10.1. The maximum Gasteiger partial charge on any atom is 0.254 e. The van der Waals surface area contributed by atoms with Crippen LogP contribution < -0.4 is 24.5 Å². The molecule has 0 saturated carbocycles. The van der Waals surface area contributed by atoms with Crippen LogP contribution in [0.5, 0.6) is 23.0 Å². The number of H-pyrrole nitrogens is 1. The van der Waals surface area contributed by atoms with Crippen molar-refractivity contribution in [1.82, 2.24) is 9.88 Å². The third kappa shape index (κ3) is 4.84. The van der Waals surface area contributed by atoms with Crippen molar-refractivity contribution in [3.63, 3.8) is 0 Å². The smallest absolute Gasteiger partial charge is 0.254 e. The lowest BCUT2D eigenvalue weighted by molar-refractivity contribution is 0.0729. The summed E-state index contributed by atoms with van der Waals surface area (Å²) in [5.74, 6) is 2.45. The fraction of sp³-hybridized carbons (Fsp3) is 0.214. The molecular formula is C28H26N2O6. The van der Waals surface area contributed by atoms with Gasteiger partial charge in [-0.1, -0.05) is 6.07 Å². The fourth-order valence-corrected chi connectivity index (χ4v) is 4.18. The molecule has 5 rings (SSSR count). The lowest BCUT2D eigenvalue weighted by Gasteiger charge is -2.23. The van der Waals surface area contributed by atoms with Crippen molar-refractivity contribution in [1.29, 1.82) is 0 Å². The molecule has 3 aromatic carbocycles. The summed E-state index contributed by atoms with van der Waals surface area (Å²) in [6.07, 6.45) is 0. The second-order valence-corrected chi connectivity index (χ2v) is 8.38. The first-order valence-electron chi connectivity index (χ1n) is 11.6. The lowest BCUT2D eigenvalue weighted by Crippen LogP contribution is -2.32. The van der Waals surface area contributed by atoms with E-state index in [9.17, 15) is 9.59 Å². The summed E-state index contributed by atoms with van der Waals surface area (Å²) in [6.45, 7) is 3.02. The van der Waals surface area contributed by atoms with Gasteiger partial charge in [0.2, 0.25) is 6.79 Å². The van der Waals surface area contributed by atoms with E-state index in [0.717, 1.165) is 10.9 Å². The van der Waals surface area contributed by atoms with E-state index in [1.54, 1.807) is 42.3 Å². The monoisotopic (exact) mass is 486 g/mol. The van der Waals surface area contributed by atoms with Gasteiger partial charge in [0.15, 0.2) is 11.5 Å². The zero-order valence-electron chi connectivity index (χ0n) is 20.1. The van der Waals surface area contributed by atoms with Crippen LogP contribution >= 0.6 is 0 Å². The largest absolute Gasteiger partial charge is 0.497 e. The molecule has 4 aromatic rings. The van der Waals surface area contributed by atoms with Gasteiger partial charge < -0.3 is 28.8 Å². The summed E-state index contributed by atoms with van der Waals surface area (Å²) in [6, 6.07) is 19.9. The van der Waals surface area contributed by atoms with Gasteiger partial charge in [-0.05, 0) is 72.5 Å². The molecule has 0 spiro atoms. The Labute approximate surface area is 208 Å². The third-order valence-electron chi connectivity index (χ3n) is 6.00. The van der Waals surface area contributed by atoms with E-state index in [1.807, 2.05) is 43.3 Å². The Kier molecular flexibility index (Phi) is 6.49. The molecule has 36 heavy (non-hydrogen) atoms. The van der Waals surface area contributed by atoms with Gasteiger partial charge in [0.25, 0.3) is 11.5 Å². The van der Waals surface area contributed by atoms with E-state index in [0.29, 0.717) is 46.2 Å². The van der Waals surface area contributed by atoms with Crippen LogP contribution in [0.2, 0.25) is 0 Å². The van der Waals surface area contributed by atoms with E-state index in [2.05, 4.69) is 4.98 Å². The van der Waals surface area contributed by atoms with Crippen molar-refractivity contribution in [2.45, 2.75) is 20.0 Å². The Balaban J connectivity index is 1.48. The topological polar surface area (TPSA) is 90.1 Å².